The average molecular weight is 437 g/mol. The van der Waals surface area contributed by atoms with E-state index in [2.05, 4.69) is 15.3 Å². The minimum absolute atomic E-state index is 0.238. The molecule has 0 unspecified atom stereocenters. The van der Waals surface area contributed by atoms with Gasteiger partial charge in [-0.1, -0.05) is 12.1 Å². The number of carbonyl (C=O) groups is 2. The summed E-state index contributed by atoms with van der Waals surface area (Å²) in [7, 11) is 0. The number of primary amides is 1. The summed E-state index contributed by atoms with van der Waals surface area (Å²) in [6, 6.07) is 13.8. The van der Waals surface area contributed by atoms with Crippen molar-refractivity contribution in [3.8, 4) is 21.5 Å². The van der Waals surface area contributed by atoms with Crippen LogP contribution in [0.25, 0.3) is 9.88 Å². The average Bonchev–Trinajstić information content (AvgIpc) is 3.39. The van der Waals surface area contributed by atoms with Gasteiger partial charge in [0.05, 0.1) is 22.5 Å². The predicted octanol–water partition coefficient (Wildman–Crippen LogP) is 4.72. The molecule has 4 rings (SSSR count). The van der Waals surface area contributed by atoms with Crippen LogP contribution in [0.3, 0.4) is 0 Å². The third-order valence-electron chi connectivity index (χ3n) is 4.07. The summed E-state index contributed by atoms with van der Waals surface area (Å²) >= 11 is 2.94. The SMILES string of the molecule is Cc1nc(-c2cccs2)sc1C(=O)Nc1ccc(Oc2cccc(C(N)=O)c2)nc1. The molecule has 3 heterocycles. The maximum Gasteiger partial charge on any atom is 0.267 e. The molecule has 30 heavy (non-hydrogen) atoms. The molecule has 1 aromatic carbocycles. The van der Waals surface area contributed by atoms with Crippen LogP contribution in [-0.2, 0) is 0 Å². The Bertz CT molecular complexity index is 1200. The minimum Gasteiger partial charge on any atom is -0.439 e. The summed E-state index contributed by atoms with van der Waals surface area (Å²) in [5, 5.41) is 5.63. The number of amides is 2. The number of thiophene rings is 1. The second-order valence-corrected chi connectivity index (χ2v) is 8.19. The molecule has 150 valence electrons. The fourth-order valence-corrected chi connectivity index (χ4v) is 4.41. The van der Waals surface area contributed by atoms with Gasteiger partial charge in [0.15, 0.2) is 0 Å². The van der Waals surface area contributed by atoms with E-state index in [-0.39, 0.29) is 5.91 Å². The molecular weight excluding hydrogens is 420 g/mol. The van der Waals surface area contributed by atoms with Crippen molar-refractivity contribution in [3.05, 3.63) is 76.2 Å². The topological polar surface area (TPSA) is 107 Å². The lowest BCUT2D eigenvalue weighted by molar-refractivity contribution is 0.0997. The van der Waals surface area contributed by atoms with Gasteiger partial charge in [0.25, 0.3) is 5.91 Å². The van der Waals surface area contributed by atoms with E-state index in [1.807, 2.05) is 24.4 Å². The summed E-state index contributed by atoms with van der Waals surface area (Å²) < 4.78 is 5.64. The maximum absolute atomic E-state index is 12.7. The molecule has 9 heteroatoms. The molecule has 0 aliphatic heterocycles. The fourth-order valence-electron chi connectivity index (χ4n) is 2.65. The number of nitrogens with zero attached hydrogens (tertiary/aromatic N) is 2. The number of ether oxygens (including phenoxy) is 1. The molecule has 3 N–H and O–H groups in total. The lowest BCUT2D eigenvalue weighted by Gasteiger charge is -2.07. The van der Waals surface area contributed by atoms with Crippen LogP contribution in [0.4, 0.5) is 5.69 Å². The predicted molar refractivity (Wildman–Crippen MR) is 117 cm³/mol. The highest BCUT2D eigenvalue weighted by atomic mass is 32.1. The standard InChI is InChI=1S/C21H16N4O3S2/c1-12-18(30-21(24-12)16-6-3-9-29-16)20(27)25-14-7-8-17(23-11-14)28-15-5-2-4-13(10-15)19(22)26/h2-11H,1H3,(H2,22,26)(H,25,27). The highest BCUT2D eigenvalue weighted by Gasteiger charge is 2.17. The van der Waals surface area contributed by atoms with Crippen LogP contribution < -0.4 is 15.8 Å². The number of benzene rings is 1. The first-order chi connectivity index (χ1) is 14.5. The molecule has 0 aliphatic carbocycles. The number of nitrogens with one attached hydrogen (secondary N) is 1. The first-order valence-electron chi connectivity index (χ1n) is 8.86. The van der Waals surface area contributed by atoms with E-state index in [0.29, 0.717) is 33.5 Å². The summed E-state index contributed by atoms with van der Waals surface area (Å²) in [5.74, 6) is -0.00921. The Labute approximate surface area is 180 Å². The van der Waals surface area contributed by atoms with Gasteiger partial charge in [0.1, 0.15) is 15.6 Å². The number of aryl methyl sites for hydroxylation is 1. The van der Waals surface area contributed by atoms with Gasteiger partial charge in [0, 0.05) is 11.6 Å². The molecule has 0 radical (unpaired) electrons. The third-order valence-corrected chi connectivity index (χ3v) is 6.27. The first kappa shape index (κ1) is 19.7. The van der Waals surface area contributed by atoms with Gasteiger partial charge in [-0.15, -0.1) is 22.7 Å². The maximum atomic E-state index is 12.7. The second kappa shape index (κ2) is 8.44. The Morgan fingerprint density at radius 2 is 2.00 bits per heavy atom. The summed E-state index contributed by atoms with van der Waals surface area (Å²) in [6.45, 7) is 1.82. The van der Waals surface area contributed by atoms with Gasteiger partial charge in [-0.2, -0.15) is 0 Å². The Kier molecular flexibility index (Phi) is 5.55. The zero-order chi connectivity index (χ0) is 21.1. The zero-order valence-electron chi connectivity index (χ0n) is 15.8. The van der Waals surface area contributed by atoms with E-state index < -0.39 is 5.91 Å². The van der Waals surface area contributed by atoms with E-state index in [0.717, 1.165) is 9.88 Å². The molecule has 7 nitrogen and oxygen atoms in total. The quantitative estimate of drug-likeness (QED) is 0.455. The van der Waals surface area contributed by atoms with Crippen molar-refractivity contribution >= 4 is 40.2 Å². The Hall–Kier alpha value is -3.56. The lowest BCUT2D eigenvalue weighted by Crippen LogP contribution is -2.11. The van der Waals surface area contributed by atoms with Crippen molar-refractivity contribution in [3.63, 3.8) is 0 Å². The van der Waals surface area contributed by atoms with Gasteiger partial charge in [-0.05, 0) is 42.6 Å². The number of rotatable bonds is 6. The molecule has 0 fully saturated rings. The summed E-state index contributed by atoms with van der Waals surface area (Å²) in [5.41, 5.74) is 6.84. The largest absolute Gasteiger partial charge is 0.439 e. The molecule has 0 saturated carbocycles. The highest BCUT2D eigenvalue weighted by Crippen LogP contribution is 2.31. The number of anilines is 1. The van der Waals surface area contributed by atoms with Crippen molar-refractivity contribution < 1.29 is 14.3 Å². The van der Waals surface area contributed by atoms with Crippen LogP contribution in [0, 0.1) is 6.92 Å². The first-order valence-corrected chi connectivity index (χ1v) is 10.6. The van der Waals surface area contributed by atoms with Gasteiger partial charge in [-0.3, -0.25) is 9.59 Å². The van der Waals surface area contributed by atoms with Gasteiger partial charge in [-0.25, -0.2) is 9.97 Å². The van der Waals surface area contributed by atoms with Crippen molar-refractivity contribution in [1.29, 1.82) is 0 Å². The van der Waals surface area contributed by atoms with E-state index >= 15 is 0 Å². The minimum atomic E-state index is -0.535. The Morgan fingerprint density at radius 3 is 2.70 bits per heavy atom. The fraction of sp³-hybridized carbons (Fsp3) is 0.0476. The van der Waals surface area contributed by atoms with Crippen molar-refractivity contribution in [2.24, 2.45) is 5.73 Å². The third kappa shape index (κ3) is 4.37. The summed E-state index contributed by atoms with van der Waals surface area (Å²) in [4.78, 5) is 34.2. The monoisotopic (exact) mass is 436 g/mol. The van der Waals surface area contributed by atoms with Crippen LogP contribution >= 0.6 is 22.7 Å². The number of nitrogens with two attached hydrogens (primary N) is 1. The van der Waals surface area contributed by atoms with E-state index in [1.165, 1.54) is 23.6 Å². The summed E-state index contributed by atoms with van der Waals surface area (Å²) in [6.07, 6.45) is 1.50. The molecule has 3 aromatic heterocycles. The van der Waals surface area contributed by atoms with Crippen molar-refractivity contribution in [1.82, 2.24) is 9.97 Å². The van der Waals surface area contributed by atoms with E-state index in [1.54, 1.807) is 41.7 Å². The number of pyridine rings is 1. The van der Waals surface area contributed by atoms with Crippen molar-refractivity contribution in [2.45, 2.75) is 6.92 Å². The normalized spacial score (nSPS) is 10.6. The Morgan fingerprint density at radius 1 is 1.13 bits per heavy atom. The van der Waals surface area contributed by atoms with Gasteiger partial charge >= 0.3 is 0 Å². The molecule has 0 spiro atoms. The van der Waals surface area contributed by atoms with Crippen LogP contribution in [0.15, 0.2) is 60.1 Å². The van der Waals surface area contributed by atoms with Crippen LogP contribution in [0.2, 0.25) is 0 Å². The smallest absolute Gasteiger partial charge is 0.267 e. The number of carbonyl (C=O) groups excluding carboxylic acids is 2. The molecular formula is C21H16N4O3S2. The van der Waals surface area contributed by atoms with Gasteiger partial charge < -0.3 is 15.8 Å². The number of hydrogen-bond donors (Lipinski definition) is 2. The molecule has 0 bridgehead atoms. The molecule has 0 atom stereocenters. The van der Waals surface area contributed by atoms with Gasteiger partial charge in [0.2, 0.25) is 11.8 Å². The van der Waals surface area contributed by atoms with Crippen LogP contribution in [0.5, 0.6) is 11.6 Å². The molecule has 0 aliphatic rings. The molecule has 0 saturated heterocycles. The van der Waals surface area contributed by atoms with E-state index in [4.69, 9.17) is 10.5 Å². The van der Waals surface area contributed by atoms with E-state index in [9.17, 15) is 9.59 Å². The number of hydrogen-bond acceptors (Lipinski definition) is 7. The van der Waals surface area contributed by atoms with Crippen LogP contribution in [0.1, 0.15) is 25.7 Å². The molecule has 2 amide bonds. The highest BCUT2D eigenvalue weighted by molar-refractivity contribution is 7.22. The van der Waals surface area contributed by atoms with Crippen LogP contribution in [-0.4, -0.2) is 21.8 Å². The lowest BCUT2D eigenvalue weighted by atomic mass is 10.2. The van der Waals surface area contributed by atoms with Crippen molar-refractivity contribution in [2.75, 3.05) is 5.32 Å². The second-order valence-electron chi connectivity index (χ2n) is 6.24. The Balaban J connectivity index is 1.44. The number of thiazole rings is 1. The zero-order valence-corrected chi connectivity index (χ0v) is 17.4. The number of aromatic nitrogens is 2. The molecule has 4 aromatic rings.